The Kier molecular flexibility index (Phi) is 4.00. The molecule has 0 aromatic rings. The minimum absolute atomic E-state index is 0.262. The van der Waals surface area contributed by atoms with Crippen LogP contribution in [0.1, 0.15) is 27.7 Å². The summed E-state index contributed by atoms with van der Waals surface area (Å²) in [6.07, 6.45) is -0.600. The highest BCUT2D eigenvalue weighted by Gasteiger charge is 2.27. The van der Waals surface area contributed by atoms with E-state index in [9.17, 15) is 9.90 Å². The Morgan fingerprint density at radius 3 is 2.17 bits per heavy atom. The van der Waals surface area contributed by atoms with E-state index in [4.69, 9.17) is 11.6 Å². The second kappa shape index (κ2) is 4.10. The highest BCUT2D eigenvalue weighted by Crippen LogP contribution is 2.09. The maximum Gasteiger partial charge on any atom is 0.238 e. The standard InChI is InChI=1S/C8H16ClNO2/c1-5(9)7(12)10-8(3,4)6(2)11/h5-6,11H,1-4H3,(H,10,12). The minimum Gasteiger partial charge on any atom is -0.391 e. The second-order valence-electron chi connectivity index (χ2n) is 3.50. The lowest BCUT2D eigenvalue weighted by atomic mass is 9.99. The molecular formula is C8H16ClNO2. The molecular weight excluding hydrogens is 178 g/mol. The van der Waals surface area contributed by atoms with E-state index in [-0.39, 0.29) is 5.91 Å². The largest absolute Gasteiger partial charge is 0.391 e. The van der Waals surface area contributed by atoms with Crippen LogP contribution in [-0.4, -0.2) is 28.0 Å². The summed E-state index contributed by atoms with van der Waals surface area (Å²) >= 11 is 5.55. The van der Waals surface area contributed by atoms with Crippen LogP contribution in [0.25, 0.3) is 0 Å². The molecule has 3 nitrogen and oxygen atoms in total. The predicted molar refractivity (Wildman–Crippen MR) is 49.2 cm³/mol. The monoisotopic (exact) mass is 193 g/mol. The maximum absolute atomic E-state index is 11.1. The second-order valence-corrected chi connectivity index (χ2v) is 4.16. The average molecular weight is 194 g/mol. The molecule has 4 heteroatoms. The highest BCUT2D eigenvalue weighted by molar-refractivity contribution is 6.30. The Morgan fingerprint density at radius 1 is 1.50 bits per heavy atom. The van der Waals surface area contributed by atoms with Crippen LogP contribution < -0.4 is 5.32 Å². The molecule has 0 saturated heterocycles. The van der Waals surface area contributed by atoms with Crippen LogP contribution in [-0.2, 0) is 4.79 Å². The molecule has 0 aliphatic rings. The number of alkyl halides is 1. The third-order valence-electron chi connectivity index (χ3n) is 1.85. The van der Waals surface area contributed by atoms with Crippen LogP contribution in [0.15, 0.2) is 0 Å². The quantitative estimate of drug-likeness (QED) is 0.655. The van der Waals surface area contributed by atoms with E-state index in [0.29, 0.717) is 0 Å². The van der Waals surface area contributed by atoms with Gasteiger partial charge in [-0.3, -0.25) is 4.79 Å². The first-order chi connectivity index (χ1) is 5.27. The molecule has 0 aromatic carbocycles. The molecule has 0 aliphatic heterocycles. The molecule has 1 amide bonds. The van der Waals surface area contributed by atoms with E-state index in [2.05, 4.69) is 5.32 Å². The van der Waals surface area contributed by atoms with Crippen molar-refractivity contribution in [3.8, 4) is 0 Å². The topological polar surface area (TPSA) is 49.3 Å². The summed E-state index contributed by atoms with van der Waals surface area (Å²) in [5.74, 6) is -0.262. The van der Waals surface area contributed by atoms with Crippen molar-refractivity contribution >= 4 is 17.5 Å². The van der Waals surface area contributed by atoms with Gasteiger partial charge in [0.15, 0.2) is 0 Å². The lowest BCUT2D eigenvalue weighted by molar-refractivity contribution is -0.123. The van der Waals surface area contributed by atoms with Crippen molar-refractivity contribution in [1.29, 1.82) is 0 Å². The zero-order valence-electron chi connectivity index (χ0n) is 7.89. The summed E-state index contributed by atoms with van der Waals surface area (Å²) in [6, 6.07) is 0. The number of amides is 1. The fourth-order valence-electron chi connectivity index (χ4n) is 0.521. The van der Waals surface area contributed by atoms with Gasteiger partial charge in [0.05, 0.1) is 11.6 Å². The van der Waals surface area contributed by atoms with Gasteiger partial charge in [0.25, 0.3) is 0 Å². The summed E-state index contributed by atoms with van der Waals surface area (Å²) < 4.78 is 0. The molecule has 0 fully saturated rings. The summed E-state index contributed by atoms with van der Waals surface area (Å²) in [4.78, 5) is 11.1. The maximum atomic E-state index is 11.1. The molecule has 0 aromatic heterocycles. The van der Waals surface area contributed by atoms with Crippen molar-refractivity contribution < 1.29 is 9.90 Å². The van der Waals surface area contributed by atoms with Crippen molar-refractivity contribution in [2.45, 2.75) is 44.7 Å². The van der Waals surface area contributed by atoms with Crippen LogP contribution in [0.3, 0.4) is 0 Å². The molecule has 0 saturated carbocycles. The first-order valence-electron chi connectivity index (χ1n) is 3.91. The zero-order valence-corrected chi connectivity index (χ0v) is 8.64. The van der Waals surface area contributed by atoms with Gasteiger partial charge in [0.2, 0.25) is 5.91 Å². The van der Waals surface area contributed by atoms with Gasteiger partial charge in [-0.1, -0.05) is 0 Å². The fraction of sp³-hybridized carbons (Fsp3) is 0.875. The predicted octanol–water partition coefficient (Wildman–Crippen LogP) is 0.889. The lowest BCUT2D eigenvalue weighted by Crippen LogP contribution is -2.52. The molecule has 0 spiro atoms. The van der Waals surface area contributed by atoms with Crippen molar-refractivity contribution in [3.63, 3.8) is 0 Å². The SMILES string of the molecule is CC(Cl)C(=O)NC(C)(C)C(C)O. The van der Waals surface area contributed by atoms with Gasteiger partial charge in [0.1, 0.15) is 5.38 Å². The Labute approximate surface area is 78.1 Å². The summed E-state index contributed by atoms with van der Waals surface area (Å²) in [5, 5.41) is 11.3. The van der Waals surface area contributed by atoms with Gasteiger partial charge in [-0.05, 0) is 27.7 Å². The first-order valence-corrected chi connectivity index (χ1v) is 4.35. The van der Waals surface area contributed by atoms with E-state index in [1.165, 1.54) is 0 Å². The zero-order chi connectivity index (χ0) is 9.94. The summed E-state index contributed by atoms with van der Waals surface area (Å²) in [5.41, 5.74) is -0.625. The lowest BCUT2D eigenvalue weighted by Gasteiger charge is -2.29. The normalized spacial score (nSPS) is 16.8. The molecule has 12 heavy (non-hydrogen) atoms. The Balaban J connectivity index is 4.15. The molecule has 0 aliphatic carbocycles. The molecule has 2 atom stereocenters. The Hall–Kier alpha value is -0.280. The van der Waals surface area contributed by atoms with Crippen molar-refractivity contribution in [2.24, 2.45) is 0 Å². The molecule has 0 heterocycles. The number of halogens is 1. The Morgan fingerprint density at radius 2 is 1.92 bits per heavy atom. The van der Waals surface area contributed by atoms with Crippen LogP contribution in [0.4, 0.5) is 0 Å². The molecule has 2 N–H and O–H groups in total. The van der Waals surface area contributed by atoms with E-state index < -0.39 is 17.0 Å². The van der Waals surface area contributed by atoms with Crippen LogP contribution in [0, 0.1) is 0 Å². The smallest absolute Gasteiger partial charge is 0.238 e. The third-order valence-corrected chi connectivity index (χ3v) is 2.05. The summed E-state index contributed by atoms with van der Waals surface area (Å²) in [6.45, 7) is 6.71. The van der Waals surface area contributed by atoms with Gasteiger partial charge in [-0.25, -0.2) is 0 Å². The number of carbonyl (C=O) groups excluding carboxylic acids is 1. The molecule has 0 bridgehead atoms. The van der Waals surface area contributed by atoms with Gasteiger partial charge in [0, 0.05) is 0 Å². The first kappa shape index (κ1) is 11.7. The molecule has 0 rings (SSSR count). The third kappa shape index (κ3) is 3.41. The Bertz CT molecular complexity index is 166. The average Bonchev–Trinajstić information content (AvgIpc) is 1.85. The minimum atomic E-state index is -0.625. The number of aliphatic hydroxyl groups is 1. The van der Waals surface area contributed by atoms with E-state index in [1.807, 2.05) is 0 Å². The van der Waals surface area contributed by atoms with Crippen LogP contribution in [0.5, 0.6) is 0 Å². The fourth-order valence-corrected chi connectivity index (χ4v) is 0.576. The highest BCUT2D eigenvalue weighted by atomic mass is 35.5. The number of carbonyl (C=O) groups is 1. The molecule has 2 unspecified atom stereocenters. The number of aliphatic hydroxyl groups excluding tert-OH is 1. The van der Waals surface area contributed by atoms with Gasteiger partial charge < -0.3 is 10.4 Å². The van der Waals surface area contributed by atoms with Gasteiger partial charge in [-0.15, -0.1) is 11.6 Å². The van der Waals surface area contributed by atoms with Gasteiger partial charge in [-0.2, -0.15) is 0 Å². The van der Waals surface area contributed by atoms with Crippen LogP contribution in [0.2, 0.25) is 0 Å². The van der Waals surface area contributed by atoms with Gasteiger partial charge >= 0.3 is 0 Å². The van der Waals surface area contributed by atoms with Crippen LogP contribution >= 0.6 is 11.6 Å². The van der Waals surface area contributed by atoms with E-state index in [0.717, 1.165) is 0 Å². The molecule has 72 valence electrons. The summed E-state index contributed by atoms with van der Waals surface area (Å²) in [7, 11) is 0. The number of rotatable bonds is 3. The number of hydrogen-bond donors (Lipinski definition) is 2. The van der Waals surface area contributed by atoms with Crippen molar-refractivity contribution in [1.82, 2.24) is 5.32 Å². The number of hydrogen-bond acceptors (Lipinski definition) is 2. The number of nitrogens with one attached hydrogen (secondary N) is 1. The van der Waals surface area contributed by atoms with Crippen molar-refractivity contribution in [2.75, 3.05) is 0 Å². The molecule has 0 radical (unpaired) electrons. The van der Waals surface area contributed by atoms with E-state index >= 15 is 0 Å². The van der Waals surface area contributed by atoms with Crippen molar-refractivity contribution in [3.05, 3.63) is 0 Å². The van der Waals surface area contributed by atoms with E-state index in [1.54, 1.807) is 27.7 Å².